The van der Waals surface area contributed by atoms with Crippen LogP contribution in [0.3, 0.4) is 0 Å². The molecule has 0 saturated carbocycles. The van der Waals surface area contributed by atoms with Crippen molar-refractivity contribution in [1.29, 1.82) is 0 Å². The van der Waals surface area contributed by atoms with E-state index < -0.39 is 0 Å². The van der Waals surface area contributed by atoms with Crippen LogP contribution >= 0.6 is 0 Å². The van der Waals surface area contributed by atoms with E-state index in [2.05, 4.69) is 36.7 Å². The van der Waals surface area contributed by atoms with Crippen molar-refractivity contribution in [3.8, 4) is 0 Å². The monoisotopic (exact) mass is 386 g/mol. The molecule has 4 rings (SSSR count). The molecule has 2 aliphatic heterocycles. The second-order valence-electron chi connectivity index (χ2n) is 7.77. The molecule has 1 amide bonds. The van der Waals surface area contributed by atoms with Crippen LogP contribution in [0.4, 0.5) is 0 Å². The fourth-order valence-corrected chi connectivity index (χ4v) is 4.36. The van der Waals surface area contributed by atoms with E-state index in [-0.39, 0.29) is 5.91 Å². The van der Waals surface area contributed by atoms with Crippen LogP contribution in [0, 0.1) is 0 Å². The summed E-state index contributed by atoms with van der Waals surface area (Å²) in [5.41, 5.74) is 0. The predicted molar refractivity (Wildman–Crippen MR) is 103 cm³/mol. The van der Waals surface area contributed by atoms with Gasteiger partial charge in [-0.05, 0) is 45.7 Å². The number of likely N-dealkylation sites (tertiary alicyclic amines) is 2. The number of hydrogen-bond acceptors (Lipinski definition) is 6. The highest BCUT2D eigenvalue weighted by molar-refractivity contribution is 5.76. The normalized spacial score (nSPS) is 18.8. The average Bonchev–Trinajstić information content (AvgIpc) is 3.48. The molecule has 9 heteroatoms. The van der Waals surface area contributed by atoms with E-state index in [0.29, 0.717) is 18.9 Å². The maximum Gasteiger partial charge on any atom is 0.224 e. The summed E-state index contributed by atoms with van der Waals surface area (Å²) in [6.45, 7) is 8.48. The van der Waals surface area contributed by atoms with Crippen LogP contribution in [0.1, 0.15) is 56.6 Å². The van der Waals surface area contributed by atoms with Gasteiger partial charge in [0.1, 0.15) is 24.3 Å². The van der Waals surface area contributed by atoms with Crippen LogP contribution in [0.25, 0.3) is 0 Å². The van der Waals surface area contributed by atoms with E-state index >= 15 is 0 Å². The number of carbonyl (C=O) groups excluding carboxylic acids is 1. The molecule has 0 bridgehead atoms. The topological polar surface area (TPSA) is 85.0 Å². The van der Waals surface area contributed by atoms with Gasteiger partial charge in [0, 0.05) is 32.0 Å². The standard InChI is InChI=1S/C19H30N8O/c1-2-27-17(13-24-8-3-4-9-24)22-23-19(27)16-5-10-25(11-6-16)18(28)7-12-26-15-20-14-21-26/h14-16H,2-13H2,1H3. The molecule has 0 atom stereocenters. The summed E-state index contributed by atoms with van der Waals surface area (Å²) in [6.07, 6.45) is 8.11. The van der Waals surface area contributed by atoms with Crippen LogP contribution in [-0.4, -0.2) is 71.4 Å². The fraction of sp³-hybridized carbons (Fsp3) is 0.737. The van der Waals surface area contributed by atoms with Gasteiger partial charge in [-0.25, -0.2) is 4.98 Å². The van der Waals surface area contributed by atoms with Crippen LogP contribution in [0.5, 0.6) is 0 Å². The number of piperidine rings is 1. The van der Waals surface area contributed by atoms with Gasteiger partial charge in [-0.3, -0.25) is 14.4 Å². The Bertz CT molecular complexity index is 757. The number of aromatic nitrogens is 6. The van der Waals surface area contributed by atoms with Crippen molar-refractivity contribution in [1.82, 2.24) is 39.3 Å². The summed E-state index contributed by atoms with van der Waals surface area (Å²) >= 11 is 0. The van der Waals surface area contributed by atoms with Gasteiger partial charge in [-0.1, -0.05) is 0 Å². The van der Waals surface area contributed by atoms with E-state index in [1.807, 2.05) is 4.90 Å². The Morgan fingerprint density at radius 1 is 1.14 bits per heavy atom. The minimum absolute atomic E-state index is 0.195. The third-order valence-corrected chi connectivity index (χ3v) is 5.97. The van der Waals surface area contributed by atoms with Gasteiger partial charge in [-0.2, -0.15) is 5.10 Å². The summed E-state index contributed by atoms with van der Waals surface area (Å²) in [6, 6.07) is 0. The second-order valence-corrected chi connectivity index (χ2v) is 7.77. The van der Waals surface area contributed by atoms with Gasteiger partial charge in [-0.15, -0.1) is 10.2 Å². The number of hydrogen-bond donors (Lipinski definition) is 0. The summed E-state index contributed by atoms with van der Waals surface area (Å²) < 4.78 is 4.00. The molecule has 2 aromatic rings. The first-order chi connectivity index (χ1) is 13.7. The lowest BCUT2D eigenvalue weighted by Crippen LogP contribution is -2.38. The molecule has 0 N–H and O–H groups in total. The Kier molecular flexibility index (Phi) is 5.99. The highest BCUT2D eigenvalue weighted by atomic mass is 16.2. The Morgan fingerprint density at radius 3 is 2.61 bits per heavy atom. The van der Waals surface area contributed by atoms with Gasteiger partial charge in [0.15, 0.2) is 0 Å². The minimum atomic E-state index is 0.195. The molecule has 28 heavy (non-hydrogen) atoms. The summed E-state index contributed by atoms with van der Waals surface area (Å²) in [4.78, 5) is 20.8. The number of carbonyl (C=O) groups is 1. The third kappa shape index (κ3) is 4.24. The lowest BCUT2D eigenvalue weighted by molar-refractivity contribution is -0.132. The van der Waals surface area contributed by atoms with Gasteiger partial charge in [0.25, 0.3) is 0 Å². The molecule has 0 spiro atoms. The number of amides is 1. The average molecular weight is 387 g/mol. The quantitative estimate of drug-likeness (QED) is 0.713. The van der Waals surface area contributed by atoms with Gasteiger partial charge < -0.3 is 9.47 Å². The maximum atomic E-state index is 12.5. The molecule has 2 saturated heterocycles. The van der Waals surface area contributed by atoms with E-state index in [9.17, 15) is 4.79 Å². The first-order valence-corrected chi connectivity index (χ1v) is 10.5. The van der Waals surface area contributed by atoms with Crippen molar-refractivity contribution in [2.24, 2.45) is 0 Å². The largest absolute Gasteiger partial charge is 0.343 e. The highest BCUT2D eigenvalue weighted by Gasteiger charge is 2.28. The molecule has 0 aliphatic carbocycles. The molecule has 0 radical (unpaired) electrons. The Hall–Kier alpha value is -2.29. The SMILES string of the molecule is CCn1c(CN2CCCC2)nnc1C1CCN(C(=O)CCn2cncn2)CC1. The molecule has 2 fully saturated rings. The first kappa shape index (κ1) is 19.0. The van der Waals surface area contributed by atoms with Gasteiger partial charge in [0.05, 0.1) is 13.1 Å². The summed E-state index contributed by atoms with van der Waals surface area (Å²) in [7, 11) is 0. The van der Waals surface area contributed by atoms with Crippen LogP contribution in [-0.2, 0) is 24.4 Å². The van der Waals surface area contributed by atoms with E-state index in [4.69, 9.17) is 0 Å². The second kappa shape index (κ2) is 8.81. The van der Waals surface area contributed by atoms with Crippen molar-refractivity contribution in [3.63, 3.8) is 0 Å². The maximum absolute atomic E-state index is 12.5. The zero-order valence-electron chi connectivity index (χ0n) is 16.7. The van der Waals surface area contributed by atoms with Crippen molar-refractivity contribution < 1.29 is 4.79 Å². The molecule has 152 valence electrons. The van der Waals surface area contributed by atoms with E-state index in [1.165, 1.54) is 32.3 Å². The smallest absolute Gasteiger partial charge is 0.224 e. The number of rotatable bonds is 7. The molecule has 9 nitrogen and oxygen atoms in total. The zero-order valence-corrected chi connectivity index (χ0v) is 16.7. The Balaban J connectivity index is 1.31. The van der Waals surface area contributed by atoms with Crippen molar-refractivity contribution in [3.05, 3.63) is 24.3 Å². The van der Waals surface area contributed by atoms with Gasteiger partial charge in [0.2, 0.25) is 5.91 Å². The minimum Gasteiger partial charge on any atom is -0.343 e. The lowest BCUT2D eigenvalue weighted by Gasteiger charge is -2.32. The lowest BCUT2D eigenvalue weighted by atomic mass is 9.95. The Labute approximate surface area is 165 Å². The van der Waals surface area contributed by atoms with E-state index in [1.54, 1.807) is 11.0 Å². The molecule has 2 aliphatic rings. The first-order valence-electron chi connectivity index (χ1n) is 10.5. The molecular weight excluding hydrogens is 356 g/mol. The molecule has 0 aromatic carbocycles. The number of nitrogens with zero attached hydrogens (tertiary/aromatic N) is 8. The third-order valence-electron chi connectivity index (χ3n) is 5.97. The molecule has 2 aromatic heterocycles. The summed E-state index contributed by atoms with van der Waals surface area (Å²) in [5, 5.41) is 13.1. The van der Waals surface area contributed by atoms with Crippen molar-refractivity contribution in [2.45, 2.75) is 64.6 Å². The van der Waals surface area contributed by atoms with E-state index in [0.717, 1.165) is 50.7 Å². The van der Waals surface area contributed by atoms with Gasteiger partial charge >= 0.3 is 0 Å². The number of aryl methyl sites for hydroxylation is 1. The van der Waals surface area contributed by atoms with Crippen LogP contribution in [0.2, 0.25) is 0 Å². The fourth-order valence-electron chi connectivity index (χ4n) is 4.36. The van der Waals surface area contributed by atoms with Crippen molar-refractivity contribution >= 4 is 5.91 Å². The Morgan fingerprint density at radius 2 is 1.93 bits per heavy atom. The summed E-state index contributed by atoms with van der Waals surface area (Å²) in [5.74, 6) is 2.77. The zero-order chi connectivity index (χ0) is 19.3. The van der Waals surface area contributed by atoms with Crippen molar-refractivity contribution in [2.75, 3.05) is 26.2 Å². The highest BCUT2D eigenvalue weighted by Crippen LogP contribution is 2.28. The molecule has 0 unspecified atom stereocenters. The van der Waals surface area contributed by atoms with Crippen LogP contribution < -0.4 is 0 Å². The molecular formula is C19H30N8O. The van der Waals surface area contributed by atoms with Crippen LogP contribution in [0.15, 0.2) is 12.7 Å². The molecule has 4 heterocycles. The predicted octanol–water partition coefficient (Wildman–Crippen LogP) is 1.28.